The first-order chi connectivity index (χ1) is 13.5. The molecule has 0 saturated heterocycles. The Labute approximate surface area is 159 Å². The second kappa shape index (κ2) is 6.92. The highest BCUT2D eigenvalue weighted by molar-refractivity contribution is 5.94. The van der Waals surface area contributed by atoms with Crippen LogP contribution >= 0.6 is 0 Å². The first-order valence-electron chi connectivity index (χ1n) is 8.47. The van der Waals surface area contributed by atoms with Crippen molar-refractivity contribution in [3.05, 3.63) is 83.9 Å². The van der Waals surface area contributed by atoms with Crippen LogP contribution in [0.15, 0.2) is 72.8 Å². The number of rotatable bonds is 4. The number of aromatic nitrogens is 2. The Morgan fingerprint density at radius 3 is 1.75 bits per heavy atom. The van der Waals surface area contributed by atoms with Gasteiger partial charge in [-0.05, 0) is 30.3 Å². The van der Waals surface area contributed by atoms with Crippen molar-refractivity contribution >= 4 is 23.0 Å². The maximum absolute atomic E-state index is 11.3. The number of carbonyl (C=O) groups is 2. The zero-order valence-electron chi connectivity index (χ0n) is 14.5. The molecule has 0 bridgehead atoms. The molecule has 0 spiro atoms. The van der Waals surface area contributed by atoms with E-state index < -0.39 is 11.9 Å². The summed E-state index contributed by atoms with van der Waals surface area (Å²) >= 11 is 0. The third-order valence-electron chi connectivity index (χ3n) is 4.36. The van der Waals surface area contributed by atoms with Crippen molar-refractivity contribution in [1.82, 2.24) is 9.97 Å². The summed E-state index contributed by atoms with van der Waals surface area (Å²) in [6.45, 7) is 0. The summed E-state index contributed by atoms with van der Waals surface area (Å²) in [5.74, 6) is -2.05. The summed E-state index contributed by atoms with van der Waals surface area (Å²) in [5.41, 5.74) is 4.08. The Morgan fingerprint density at radius 1 is 0.607 bits per heavy atom. The van der Waals surface area contributed by atoms with E-state index in [0.29, 0.717) is 28.0 Å². The average molecular weight is 370 g/mol. The lowest BCUT2D eigenvalue weighted by atomic mass is 10.0. The fourth-order valence-corrected chi connectivity index (χ4v) is 2.96. The predicted octanol–water partition coefficient (Wildman–Crippen LogP) is 4.36. The van der Waals surface area contributed by atoms with E-state index >= 15 is 0 Å². The predicted molar refractivity (Wildman–Crippen MR) is 104 cm³/mol. The van der Waals surface area contributed by atoms with Gasteiger partial charge in [0.1, 0.15) is 0 Å². The molecule has 6 nitrogen and oxygen atoms in total. The van der Waals surface area contributed by atoms with Crippen LogP contribution in [0.5, 0.6) is 0 Å². The maximum atomic E-state index is 11.3. The zero-order valence-corrected chi connectivity index (χ0v) is 14.5. The number of hydrogen-bond acceptors (Lipinski definition) is 4. The van der Waals surface area contributed by atoms with Gasteiger partial charge in [0.25, 0.3) is 0 Å². The molecule has 136 valence electrons. The molecule has 6 heteroatoms. The van der Waals surface area contributed by atoms with Crippen LogP contribution in [-0.4, -0.2) is 32.1 Å². The molecule has 0 atom stereocenters. The SMILES string of the molecule is O=C(O)c1ccc(-c2nc3cc(C(=O)O)ccc3nc2-c2ccccc2)cc1. The van der Waals surface area contributed by atoms with Gasteiger partial charge in [-0.25, -0.2) is 19.6 Å². The summed E-state index contributed by atoms with van der Waals surface area (Å²) in [4.78, 5) is 31.8. The Kier molecular flexibility index (Phi) is 4.29. The van der Waals surface area contributed by atoms with Crippen molar-refractivity contribution in [2.45, 2.75) is 0 Å². The van der Waals surface area contributed by atoms with E-state index in [0.717, 1.165) is 5.56 Å². The lowest BCUT2D eigenvalue weighted by molar-refractivity contribution is 0.0686. The van der Waals surface area contributed by atoms with Gasteiger partial charge in [-0.1, -0.05) is 42.5 Å². The molecule has 0 saturated carbocycles. The van der Waals surface area contributed by atoms with E-state index in [1.54, 1.807) is 18.2 Å². The normalized spacial score (nSPS) is 10.7. The van der Waals surface area contributed by atoms with Gasteiger partial charge in [-0.2, -0.15) is 0 Å². The van der Waals surface area contributed by atoms with Crippen molar-refractivity contribution in [3.8, 4) is 22.5 Å². The smallest absolute Gasteiger partial charge is 0.335 e. The van der Waals surface area contributed by atoms with E-state index in [9.17, 15) is 14.7 Å². The van der Waals surface area contributed by atoms with Gasteiger partial charge in [-0.15, -0.1) is 0 Å². The molecule has 0 amide bonds. The highest BCUT2D eigenvalue weighted by Gasteiger charge is 2.15. The Bertz CT molecular complexity index is 1200. The Morgan fingerprint density at radius 2 is 1.14 bits per heavy atom. The summed E-state index contributed by atoms with van der Waals surface area (Å²) < 4.78 is 0. The third-order valence-corrected chi connectivity index (χ3v) is 4.36. The highest BCUT2D eigenvalue weighted by atomic mass is 16.4. The van der Waals surface area contributed by atoms with E-state index in [1.165, 1.54) is 24.3 Å². The number of carboxylic acid groups (broad SMARTS) is 2. The maximum Gasteiger partial charge on any atom is 0.335 e. The number of aromatic carboxylic acids is 2. The first-order valence-corrected chi connectivity index (χ1v) is 8.47. The van der Waals surface area contributed by atoms with Crippen LogP contribution in [-0.2, 0) is 0 Å². The summed E-state index contributed by atoms with van der Waals surface area (Å²) in [7, 11) is 0. The number of carboxylic acids is 2. The molecule has 0 aliphatic rings. The molecule has 0 aliphatic heterocycles. The second-order valence-electron chi connectivity index (χ2n) is 6.18. The highest BCUT2D eigenvalue weighted by Crippen LogP contribution is 2.31. The molecule has 0 unspecified atom stereocenters. The van der Waals surface area contributed by atoms with Crippen molar-refractivity contribution in [1.29, 1.82) is 0 Å². The summed E-state index contributed by atoms with van der Waals surface area (Å²) in [6, 6.07) is 20.5. The average Bonchev–Trinajstić information content (AvgIpc) is 2.73. The molecule has 1 heterocycles. The van der Waals surface area contributed by atoms with Gasteiger partial charge in [-0.3, -0.25) is 0 Å². The molecular formula is C22H14N2O4. The summed E-state index contributed by atoms with van der Waals surface area (Å²) in [6.07, 6.45) is 0. The van der Waals surface area contributed by atoms with Gasteiger partial charge in [0.2, 0.25) is 0 Å². The van der Waals surface area contributed by atoms with Gasteiger partial charge >= 0.3 is 11.9 Å². The standard InChI is InChI=1S/C22H14N2O4/c25-21(26)15-8-6-14(7-9-15)20-19(13-4-2-1-3-5-13)23-17-11-10-16(22(27)28)12-18(17)24-20/h1-12H,(H,25,26)(H,27,28). The lowest BCUT2D eigenvalue weighted by Crippen LogP contribution is -2.00. The lowest BCUT2D eigenvalue weighted by Gasteiger charge is -2.11. The van der Waals surface area contributed by atoms with E-state index in [4.69, 9.17) is 10.1 Å². The minimum atomic E-state index is -1.04. The third kappa shape index (κ3) is 3.19. The Hall–Kier alpha value is -4.06. The molecule has 0 aliphatic carbocycles. The largest absolute Gasteiger partial charge is 0.478 e. The van der Waals surface area contributed by atoms with Gasteiger partial charge in [0.05, 0.1) is 33.5 Å². The van der Waals surface area contributed by atoms with Crippen LogP contribution in [0, 0.1) is 0 Å². The quantitative estimate of drug-likeness (QED) is 0.554. The van der Waals surface area contributed by atoms with Crippen molar-refractivity contribution in [2.24, 2.45) is 0 Å². The second-order valence-corrected chi connectivity index (χ2v) is 6.18. The number of fused-ring (bicyclic) bond motifs is 1. The Balaban J connectivity index is 1.97. The summed E-state index contributed by atoms with van der Waals surface area (Å²) in [5, 5.41) is 18.4. The van der Waals surface area contributed by atoms with Crippen molar-refractivity contribution in [3.63, 3.8) is 0 Å². The van der Waals surface area contributed by atoms with Crippen LogP contribution < -0.4 is 0 Å². The fourth-order valence-electron chi connectivity index (χ4n) is 2.96. The molecule has 28 heavy (non-hydrogen) atoms. The van der Waals surface area contributed by atoms with Crippen molar-refractivity contribution in [2.75, 3.05) is 0 Å². The molecule has 1 aromatic heterocycles. The van der Waals surface area contributed by atoms with Crippen LogP contribution in [0.2, 0.25) is 0 Å². The number of nitrogens with zero attached hydrogens (tertiary/aromatic N) is 2. The van der Waals surface area contributed by atoms with E-state index in [2.05, 4.69) is 4.98 Å². The van der Waals surface area contributed by atoms with Crippen LogP contribution in [0.3, 0.4) is 0 Å². The van der Waals surface area contributed by atoms with Crippen LogP contribution in [0.1, 0.15) is 20.7 Å². The molecule has 0 radical (unpaired) electrons. The fraction of sp³-hybridized carbons (Fsp3) is 0. The van der Waals surface area contributed by atoms with Gasteiger partial charge in [0.15, 0.2) is 0 Å². The van der Waals surface area contributed by atoms with Crippen LogP contribution in [0.4, 0.5) is 0 Å². The zero-order chi connectivity index (χ0) is 19.7. The van der Waals surface area contributed by atoms with E-state index in [-0.39, 0.29) is 11.1 Å². The minimum Gasteiger partial charge on any atom is -0.478 e. The topological polar surface area (TPSA) is 100 Å². The molecule has 4 aromatic rings. The first kappa shape index (κ1) is 17.4. The molecular weight excluding hydrogens is 356 g/mol. The molecule has 2 N–H and O–H groups in total. The molecule has 3 aromatic carbocycles. The van der Waals surface area contributed by atoms with E-state index in [1.807, 2.05) is 30.3 Å². The number of benzene rings is 3. The monoisotopic (exact) mass is 370 g/mol. The molecule has 0 fully saturated rings. The molecule has 4 rings (SSSR count). The van der Waals surface area contributed by atoms with Gasteiger partial charge < -0.3 is 10.2 Å². The minimum absolute atomic E-state index is 0.126. The van der Waals surface area contributed by atoms with Gasteiger partial charge in [0, 0.05) is 11.1 Å². The number of hydrogen-bond donors (Lipinski definition) is 2. The van der Waals surface area contributed by atoms with Crippen LogP contribution in [0.25, 0.3) is 33.5 Å². The van der Waals surface area contributed by atoms with Crippen molar-refractivity contribution < 1.29 is 19.8 Å².